The van der Waals surface area contributed by atoms with Gasteiger partial charge in [-0.25, -0.2) is 0 Å². The number of carboxylic acid groups (broad SMARTS) is 1. The number of carbonyl (C=O) groups excluding carboxylic acids is 1. The lowest BCUT2D eigenvalue weighted by Gasteiger charge is -2.19. The number of ether oxygens (including phenoxy) is 1. The summed E-state index contributed by atoms with van der Waals surface area (Å²) >= 11 is 1.77. The van der Waals surface area contributed by atoms with Crippen molar-refractivity contribution in [2.45, 2.75) is 30.9 Å². The van der Waals surface area contributed by atoms with Crippen LogP contribution in [-0.4, -0.2) is 35.2 Å². The molecule has 1 aliphatic rings. The molecule has 0 radical (unpaired) electrons. The highest BCUT2D eigenvalue weighted by atomic mass is 32.2. The number of aliphatic carboxylic acids is 1. The van der Waals surface area contributed by atoms with E-state index in [1.807, 2.05) is 0 Å². The highest BCUT2D eigenvalue weighted by Crippen LogP contribution is 2.35. The smallest absolute Gasteiger partial charge is 0.305 e. The first-order valence-corrected chi connectivity index (χ1v) is 6.08. The molecule has 1 fully saturated rings. The van der Waals surface area contributed by atoms with Gasteiger partial charge in [0.15, 0.2) is 0 Å². The van der Waals surface area contributed by atoms with Gasteiger partial charge in [0.05, 0.1) is 7.11 Å². The fraction of sp³-hybridized carbons (Fsp3) is 0.800. The van der Waals surface area contributed by atoms with Crippen molar-refractivity contribution in [1.29, 1.82) is 0 Å². The lowest BCUT2D eigenvalue weighted by molar-refractivity contribution is -0.143. The van der Waals surface area contributed by atoms with Gasteiger partial charge in [-0.2, -0.15) is 11.8 Å². The van der Waals surface area contributed by atoms with Crippen molar-refractivity contribution < 1.29 is 19.4 Å². The third kappa shape index (κ3) is 4.11. The molecular formula is C10H16O4S. The molecule has 0 amide bonds. The minimum Gasteiger partial charge on any atom is -0.481 e. The number of carbonyl (C=O) groups is 2. The first kappa shape index (κ1) is 12.4. The van der Waals surface area contributed by atoms with Crippen LogP contribution in [0.1, 0.15) is 25.7 Å². The maximum atomic E-state index is 11.1. The summed E-state index contributed by atoms with van der Waals surface area (Å²) in [5.74, 6) is -0.158. The Labute approximate surface area is 93.4 Å². The van der Waals surface area contributed by atoms with Crippen LogP contribution >= 0.6 is 11.8 Å². The highest BCUT2D eigenvalue weighted by molar-refractivity contribution is 8.00. The third-order valence-electron chi connectivity index (χ3n) is 2.58. The highest BCUT2D eigenvalue weighted by Gasteiger charge is 2.29. The van der Waals surface area contributed by atoms with Crippen LogP contribution in [0.3, 0.4) is 0 Å². The fourth-order valence-corrected chi connectivity index (χ4v) is 3.27. The van der Waals surface area contributed by atoms with Crippen molar-refractivity contribution in [2.24, 2.45) is 5.92 Å². The average molecular weight is 232 g/mol. The fourth-order valence-electron chi connectivity index (χ4n) is 1.83. The van der Waals surface area contributed by atoms with Gasteiger partial charge in [0.2, 0.25) is 0 Å². The van der Waals surface area contributed by atoms with Crippen molar-refractivity contribution in [3.8, 4) is 0 Å². The molecule has 0 aromatic rings. The van der Waals surface area contributed by atoms with E-state index in [1.54, 1.807) is 11.8 Å². The Morgan fingerprint density at radius 1 is 1.53 bits per heavy atom. The number of methoxy groups -OCH3 is 1. The second-order valence-electron chi connectivity index (χ2n) is 3.69. The molecule has 86 valence electrons. The Kier molecular flexibility index (Phi) is 4.94. The van der Waals surface area contributed by atoms with Crippen molar-refractivity contribution in [3.63, 3.8) is 0 Å². The van der Waals surface area contributed by atoms with E-state index in [0.29, 0.717) is 5.25 Å². The Morgan fingerprint density at radius 2 is 2.27 bits per heavy atom. The first-order valence-electron chi connectivity index (χ1n) is 5.03. The number of thioether (sulfide) groups is 1. The van der Waals surface area contributed by atoms with Gasteiger partial charge in [-0.15, -0.1) is 0 Å². The van der Waals surface area contributed by atoms with Crippen molar-refractivity contribution in [3.05, 3.63) is 0 Å². The zero-order valence-electron chi connectivity index (χ0n) is 8.77. The number of carboxylic acids is 1. The summed E-state index contributed by atoms with van der Waals surface area (Å²) in [7, 11) is 1.34. The van der Waals surface area contributed by atoms with Gasteiger partial charge in [-0.05, 0) is 24.5 Å². The summed E-state index contributed by atoms with van der Waals surface area (Å²) in [6.45, 7) is 0. The van der Waals surface area contributed by atoms with Crippen LogP contribution in [0.15, 0.2) is 0 Å². The zero-order valence-corrected chi connectivity index (χ0v) is 9.59. The predicted octanol–water partition coefficient (Wildman–Crippen LogP) is 1.54. The molecule has 0 spiro atoms. The van der Waals surface area contributed by atoms with Gasteiger partial charge in [0, 0.05) is 18.1 Å². The summed E-state index contributed by atoms with van der Waals surface area (Å²) in [4.78, 5) is 21.8. The Bertz CT molecular complexity index is 236. The molecule has 1 N–H and O–H groups in total. The van der Waals surface area contributed by atoms with E-state index < -0.39 is 5.97 Å². The second-order valence-corrected chi connectivity index (χ2v) is 5.04. The molecule has 1 aliphatic heterocycles. The van der Waals surface area contributed by atoms with E-state index in [2.05, 4.69) is 4.74 Å². The lowest BCUT2D eigenvalue weighted by atomic mass is 9.95. The number of rotatable bonds is 5. The predicted molar refractivity (Wildman–Crippen MR) is 57.9 cm³/mol. The molecule has 0 bridgehead atoms. The van der Waals surface area contributed by atoms with Crippen LogP contribution in [0.4, 0.5) is 0 Å². The SMILES string of the molecule is COC(=O)CC(CC(=O)O)C1CCCS1. The maximum absolute atomic E-state index is 11.1. The number of hydrogen-bond acceptors (Lipinski definition) is 4. The van der Waals surface area contributed by atoms with Gasteiger partial charge in [0.1, 0.15) is 0 Å². The van der Waals surface area contributed by atoms with Crippen LogP contribution in [0, 0.1) is 5.92 Å². The molecule has 2 unspecified atom stereocenters. The number of esters is 1. The minimum absolute atomic E-state index is 0.0623. The van der Waals surface area contributed by atoms with E-state index in [4.69, 9.17) is 5.11 Å². The van der Waals surface area contributed by atoms with Crippen molar-refractivity contribution in [1.82, 2.24) is 0 Å². The zero-order chi connectivity index (χ0) is 11.3. The Balaban J connectivity index is 2.51. The van der Waals surface area contributed by atoms with E-state index in [0.717, 1.165) is 18.6 Å². The summed E-state index contributed by atoms with van der Waals surface area (Å²) in [6, 6.07) is 0. The Morgan fingerprint density at radius 3 is 2.73 bits per heavy atom. The Hall–Kier alpha value is -0.710. The molecular weight excluding hydrogens is 216 g/mol. The van der Waals surface area contributed by atoms with Gasteiger partial charge in [-0.3, -0.25) is 9.59 Å². The molecule has 4 nitrogen and oxygen atoms in total. The quantitative estimate of drug-likeness (QED) is 0.728. The maximum Gasteiger partial charge on any atom is 0.305 e. The normalized spacial score (nSPS) is 22.3. The van der Waals surface area contributed by atoms with Gasteiger partial charge in [-0.1, -0.05) is 0 Å². The minimum atomic E-state index is -0.837. The molecule has 1 heterocycles. The third-order valence-corrected chi connectivity index (χ3v) is 4.16. The van der Waals surface area contributed by atoms with Crippen LogP contribution in [0.5, 0.6) is 0 Å². The van der Waals surface area contributed by atoms with E-state index in [-0.39, 0.29) is 24.7 Å². The van der Waals surface area contributed by atoms with Gasteiger partial charge < -0.3 is 9.84 Å². The molecule has 0 aliphatic carbocycles. The van der Waals surface area contributed by atoms with Crippen LogP contribution < -0.4 is 0 Å². The first-order chi connectivity index (χ1) is 7.13. The molecule has 1 saturated heterocycles. The van der Waals surface area contributed by atoms with Crippen molar-refractivity contribution in [2.75, 3.05) is 12.9 Å². The van der Waals surface area contributed by atoms with Crippen LogP contribution in [-0.2, 0) is 14.3 Å². The van der Waals surface area contributed by atoms with Crippen LogP contribution in [0.25, 0.3) is 0 Å². The van der Waals surface area contributed by atoms with Gasteiger partial charge in [0.25, 0.3) is 0 Å². The van der Waals surface area contributed by atoms with Gasteiger partial charge >= 0.3 is 11.9 Å². The second kappa shape index (κ2) is 6.00. The molecule has 5 heteroatoms. The molecule has 0 aromatic carbocycles. The van der Waals surface area contributed by atoms with E-state index in [9.17, 15) is 9.59 Å². The van der Waals surface area contributed by atoms with E-state index >= 15 is 0 Å². The van der Waals surface area contributed by atoms with Crippen LogP contribution in [0.2, 0.25) is 0 Å². The topological polar surface area (TPSA) is 63.6 Å². The molecule has 1 rings (SSSR count). The average Bonchev–Trinajstić information content (AvgIpc) is 2.68. The summed E-state index contributed by atoms with van der Waals surface area (Å²) in [5.41, 5.74) is 0. The van der Waals surface area contributed by atoms with Crippen molar-refractivity contribution >= 4 is 23.7 Å². The monoisotopic (exact) mass is 232 g/mol. The molecule has 15 heavy (non-hydrogen) atoms. The number of hydrogen-bond donors (Lipinski definition) is 1. The summed E-state index contributed by atoms with van der Waals surface area (Å²) in [5, 5.41) is 9.07. The summed E-state index contributed by atoms with van der Waals surface area (Å²) in [6.07, 6.45) is 2.42. The van der Waals surface area contributed by atoms with E-state index in [1.165, 1.54) is 7.11 Å². The standard InChI is InChI=1S/C10H16O4S/c1-14-10(13)6-7(5-9(11)12)8-3-2-4-15-8/h7-8H,2-6H2,1H3,(H,11,12). The largest absolute Gasteiger partial charge is 0.481 e. The summed E-state index contributed by atoms with van der Waals surface area (Å²) < 4.78 is 4.58. The molecule has 2 atom stereocenters. The lowest BCUT2D eigenvalue weighted by Crippen LogP contribution is -2.22. The molecule has 0 saturated carbocycles. The molecule has 0 aromatic heterocycles.